The monoisotopic (exact) mass is 459 g/mol. The fraction of sp³-hybridized carbons (Fsp3) is 0.370. The zero-order valence-corrected chi connectivity index (χ0v) is 20.1. The van der Waals surface area contributed by atoms with E-state index in [2.05, 4.69) is 10.6 Å². The topological polar surface area (TPSA) is 102 Å². The highest BCUT2D eigenvalue weighted by atomic mass is 16.2. The van der Waals surface area contributed by atoms with E-state index in [0.29, 0.717) is 29.2 Å². The van der Waals surface area contributed by atoms with Crippen molar-refractivity contribution in [3.05, 3.63) is 70.8 Å². The van der Waals surface area contributed by atoms with Crippen molar-refractivity contribution < 1.29 is 9.59 Å². The summed E-state index contributed by atoms with van der Waals surface area (Å²) in [5.74, 6) is 0.119. The van der Waals surface area contributed by atoms with Crippen LogP contribution in [0.2, 0.25) is 0 Å². The summed E-state index contributed by atoms with van der Waals surface area (Å²) < 4.78 is 1.97. The van der Waals surface area contributed by atoms with Gasteiger partial charge in [0, 0.05) is 23.7 Å². The van der Waals surface area contributed by atoms with E-state index in [1.54, 1.807) is 0 Å². The Morgan fingerprint density at radius 2 is 1.76 bits per heavy atom. The van der Waals surface area contributed by atoms with Crippen molar-refractivity contribution in [1.29, 1.82) is 0 Å². The van der Waals surface area contributed by atoms with Crippen LogP contribution >= 0.6 is 0 Å². The number of aromatic nitrogens is 2. The lowest BCUT2D eigenvalue weighted by Gasteiger charge is -2.18. The van der Waals surface area contributed by atoms with Gasteiger partial charge in [0.1, 0.15) is 17.1 Å². The van der Waals surface area contributed by atoms with Crippen molar-refractivity contribution in [2.24, 2.45) is 5.73 Å². The maximum absolute atomic E-state index is 12.5. The van der Waals surface area contributed by atoms with Crippen LogP contribution in [0.1, 0.15) is 77.4 Å². The molecule has 1 saturated carbocycles. The average Bonchev–Trinajstić information content (AvgIpc) is 3.46. The maximum atomic E-state index is 12.5. The number of anilines is 1. The molecule has 1 fully saturated rings. The predicted molar refractivity (Wildman–Crippen MR) is 135 cm³/mol. The van der Waals surface area contributed by atoms with Crippen molar-refractivity contribution in [3.8, 4) is 11.3 Å². The summed E-state index contributed by atoms with van der Waals surface area (Å²) in [7, 11) is 0. The molecule has 0 atom stereocenters. The minimum Gasteiger partial charge on any atom is -0.367 e. The fourth-order valence-corrected chi connectivity index (χ4v) is 4.58. The molecule has 2 amide bonds. The maximum Gasteiger partial charge on any atom is 0.254 e. The van der Waals surface area contributed by atoms with Gasteiger partial charge in [-0.15, -0.1) is 0 Å². The highest BCUT2D eigenvalue weighted by Crippen LogP contribution is 2.37. The number of hydrogen-bond donors (Lipinski definition) is 3. The van der Waals surface area contributed by atoms with Crippen LogP contribution in [0.5, 0.6) is 0 Å². The van der Waals surface area contributed by atoms with Crippen LogP contribution in [0.4, 0.5) is 5.82 Å². The zero-order chi connectivity index (χ0) is 24.2. The summed E-state index contributed by atoms with van der Waals surface area (Å²) >= 11 is 0. The molecule has 0 bridgehead atoms. The number of nitrogens with zero attached hydrogens (tertiary/aromatic N) is 2. The van der Waals surface area contributed by atoms with E-state index in [0.717, 1.165) is 42.4 Å². The van der Waals surface area contributed by atoms with Crippen molar-refractivity contribution in [3.63, 3.8) is 0 Å². The van der Waals surface area contributed by atoms with Crippen LogP contribution in [0, 0.1) is 6.92 Å². The van der Waals surface area contributed by atoms with Gasteiger partial charge >= 0.3 is 0 Å². The van der Waals surface area contributed by atoms with Gasteiger partial charge in [0.15, 0.2) is 0 Å². The molecule has 4 rings (SSSR count). The predicted octanol–water partition coefficient (Wildman–Crippen LogP) is 4.82. The lowest BCUT2D eigenvalue weighted by molar-refractivity contribution is 0.0949. The quantitative estimate of drug-likeness (QED) is 0.449. The lowest BCUT2D eigenvalue weighted by atomic mass is 10.0. The van der Waals surface area contributed by atoms with Crippen LogP contribution in [0.25, 0.3) is 11.3 Å². The fourth-order valence-electron chi connectivity index (χ4n) is 4.58. The first-order valence-corrected chi connectivity index (χ1v) is 12.0. The van der Waals surface area contributed by atoms with Crippen molar-refractivity contribution in [1.82, 2.24) is 15.1 Å². The van der Waals surface area contributed by atoms with Gasteiger partial charge in [-0.25, -0.2) is 4.68 Å². The number of aryl methyl sites for hydroxylation is 1. The summed E-state index contributed by atoms with van der Waals surface area (Å²) in [6, 6.07) is 15.7. The highest BCUT2D eigenvalue weighted by molar-refractivity contribution is 6.03. The second-order valence-electron chi connectivity index (χ2n) is 9.31. The molecule has 0 unspecified atom stereocenters. The zero-order valence-electron chi connectivity index (χ0n) is 20.1. The summed E-state index contributed by atoms with van der Waals surface area (Å²) in [6.07, 6.45) is 4.42. The van der Waals surface area contributed by atoms with Gasteiger partial charge in [-0.05, 0) is 50.8 Å². The van der Waals surface area contributed by atoms with Gasteiger partial charge in [-0.3, -0.25) is 9.59 Å². The van der Waals surface area contributed by atoms with Gasteiger partial charge in [0.25, 0.3) is 11.8 Å². The molecule has 1 aromatic heterocycles. The summed E-state index contributed by atoms with van der Waals surface area (Å²) in [4.78, 5) is 25.0. The van der Waals surface area contributed by atoms with E-state index in [1.807, 2.05) is 74.0 Å². The Labute approximate surface area is 200 Å². The third-order valence-electron chi connectivity index (χ3n) is 6.32. The third-order valence-corrected chi connectivity index (χ3v) is 6.32. The Bertz CT molecular complexity index is 1170. The molecule has 178 valence electrons. The number of carbonyl (C=O) groups is 2. The molecular formula is C27H33N5O2. The van der Waals surface area contributed by atoms with E-state index in [9.17, 15) is 9.59 Å². The van der Waals surface area contributed by atoms with Gasteiger partial charge < -0.3 is 16.4 Å². The minimum atomic E-state index is -0.489. The molecule has 0 radical (unpaired) electrons. The van der Waals surface area contributed by atoms with Crippen molar-refractivity contribution in [2.75, 3.05) is 5.32 Å². The first kappa shape index (κ1) is 23.5. The van der Waals surface area contributed by atoms with Gasteiger partial charge in [-0.2, -0.15) is 5.10 Å². The Balaban J connectivity index is 1.58. The van der Waals surface area contributed by atoms with Gasteiger partial charge in [-0.1, -0.05) is 55.3 Å². The highest BCUT2D eigenvalue weighted by Gasteiger charge is 2.28. The van der Waals surface area contributed by atoms with Crippen LogP contribution < -0.4 is 16.4 Å². The third kappa shape index (κ3) is 4.98. The van der Waals surface area contributed by atoms with E-state index >= 15 is 0 Å². The molecule has 3 aromatic rings. The standard InChI is InChI=1S/C27H33N5O2/c1-17(2)30-26-23(25(28)33)24(31-32(26)21-9-5-6-10-21)20-14-12-19(13-15-20)16-29-27(34)22-11-7-4-8-18(22)3/h4,7-8,11-15,17,21,30H,5-6,9-10,16H2,1-3H3,(H2,28,33)(H,29,34). The number of hydrogen-bond acceptors (Lipinski definition) is 4. The molecule has 0 aliphatic heterocycles. The van der Waals surface area contributed by atoms with Gasteiger partial charge in [0.05, 0.1) is 6.04 Å². The molecular weight excluding hydrogens is 426 g/mol. The Kier molecular flexibility index (Phi) is 7.01. The van der Waals surface area contributed by atoms with E-state index in [-0.39, 0.29) is 18.0 Å². The normalized spacial score (nSPS) is 13.9. The molecule has 1 aliphatic carbocycles. The second kappa shape index (κ2) is 10.1. The molecule has 34 heavy (non-hydrogen) atoms. The largest absolute Gasteiger partial charge is 0.367 e. The summed E-state index contributed by atoms with van der Waals surface area (Å²) in [6.45, 7) is 6.41. The number of benzene rings is 2. The average molecular weight is 460 g/mol. The molecule has 7 nitrogen and oxygen atoms in total. The number of rotatable bonds is 8. The van der Waals surface area contributed by atoms with Crippen LogP contribution in [0.15, 0.2) is 48.5 Å². The minimum absolute atomic E-state index is 0.0992. The number of carbonyl (C=O) groups excluding carboxylic acids is 2. The number of amides is 2. The molecule has 4 N–H and O–H groups in total. The molecule has 1 heterocycles. The molecule has 2 aromatic carbocycles. The molecule has 0 saturated heterocycles. The summed E-state index contributed by atoms with van der Waals surface area (Å²) in [5, 5.41) is 11.3. The summed E-state index contributed by atoms with van der Waals surface area (Å²) in [5.41, 5.74) is 10.3. The van der Waals surface area contributed by atoms with E-state index in [4.69, 9.17) is 10.8 Å². The first-order chi connectivity index (χ1) is 16.3. The van der Waals surface area contributed by atoms with Crippen molar-refractivity contribution in [2.45, 2.75) is 65.1 Å². The van der Waals surface area contributed by atoms with E-state index in [1.165, 1.54) is 0 Å². The van der Waals surface area contributed by atoms with Crippen LogP contribution in [0.3, 0.4) is 0 Å². The number of nitrogens with two attached hydrogens (primary N) is 1. The molecule has 0 spiro atoms. The first-order valence-electron chi connectivity index (χ1n) is 12.0. The smallest absolute Gasteiger partial charge is 0.254 e. The van der Waals surface area contributed by atoms with Crippen molar-refractivity contribution >= 4 is 17.6 Å². The van der Waals surface area contributed by atoms with Gasteiger partial charge in [0.2, 0.25) is 0 Å². The lowest BCUT2D eigenvalue weighted by Crippen LogP contribution is -2.23. The number of primary amides is 1. The van der Waals surface area contributed by atoms with Crippen LogP contribution in [-0.4, -0.2) is 27.6 Å². The second-order valence-corrected chi connectivity index (χ2v) is 9.31. The Hall–Kier alpha value is -3.61. The number of nitrogens with one attached hydrogen (secondary N) is 2. The Morgan fingerprint density at radius 3 is 2.38 bits per heavy atom. The SMILES string of the molecule is Cc1ccccc1C(=O)NCc1ccc(-c2nn(C3CCCC3)c(NC(C)C)c2C(N)=O)cc1. The van der Waals surface area contributed by atoms with Crippen LogP contribution in [-0.2, 0) is 6.54 Å². The molecule has 7 heteroatoms. The molecule has 1 aliphatic rings. The Morgan fingerprint density at radius 1 is 1.09 bits per heavy atom. The van der Waals surface area contributed by atoms with E-state index < -0.39 is 5.91 Å².